The van der Waals surface area contributed by atoms with Gasteiger partial charge in [-0.25, -0.2) is 0 Å². The first-order valence-electron chi connectivity index (χ1n) is 4.64. The zero-order chi connectivity index (χ0) is 10.9. The van der Waals surface area contributed by atoms with Crippen molar-refractivity contribution < 1.29 is 15.0 Å². The Morgan fingerprint density at radius 3 is 2.50 bits per heavy atom. The fraction of sp³-hybridized carbons (Fsp3) is 0.125. The van der Waals surface area contributed by atoms with Gasteiger partial charge in [-0.3, -0.25) is 4.79 Å². The molecule has 0 atom stereocenters. The van der Waals surface area contributed by atoms with Gasteiger partial charge in [0.2, 0.25) is 0 Å². The largest absolute Gasteiger partial charge is 0.497 e. The maximum absolute atomic E-state index is 10.5. The lowest BCUT2D eigenvalue weighted by Crippen LogP contribution is -1.82. The Hall–Kier alpha value is -1.31. The van der Waals surface area contributed by atoms with E-state index in [0.717, 1.165) is 0 Å². The number of ether oxygens (including phenoxy) is 1. The Labute approximate surface area is 65.1 Å². The van der Waals surface area contributed by atoms with Gasteiger partial charge in [-0.05, 0) is 24.2 Å². The minimum absolute atomic E-state index is 0.148. The van der Waals surface area contributed by atoms with Crippen LogP contribution < -0.4 is 4.74 Å². The Bertz CT molecular complexity index is 360. The number of carbonyl (C=O) groups excluding carboxylic acids is 1. The van der Waals surface area contributed by atoms with Crippen LogP contribution in [0.2, 0.25) is 0 Å². The molecule has 0 aromatic heterocycles. The molecule has 0 N–H and O–H groups in total. The molecule has 1 aromatic carbocycles. The van der Waals surface area contributed by atoms with E-state index >= 15 is 0 Å². The lowest BCUT2D eigenvalue weighted by Gasteiger charge is -1.96. The molecule has 10 heavy (non-hydrogen) atoms. The Morgan fingerprint density at radius 1 is 1.50 bits per heavy atom. The molecular weight excluding hydrogens is 128 g/mol. The van der Waals surface area contributed by atoms with Crippen LogP contribution in [-0.2, 0) is 0 Å². The summed E-state index contributed by atoms with van der Waals surface area (Å²) in [5, 5.41) is 0. The van der Waals surface area contributed by atoms with Crippen LogP contribution >= 0.6 is 0 Å². The van der Waals surface area contributed by atoms with E-state index in [1.165, 1.54) is 7.11 Å². The first-order valence-corrected chi connectivity index (χ1v) is 2.64. The van der Waals surface area contributed by atoms with Gasteiger partial charge < -0.3 is 4.74 Å². The highest BCUT2D eigenvalue weighted by molar-refractivity contribution is 5.74. The summed E-state index contributed by atoms with van der Waals surface area (Å²) < 4.78 is 34.3. The predicted octanol–water partition coefficient (Wildman–Crippen LogP) is 1.51. The first kappa shape index (κ1) is 3.19. The van der Waals surface area contributed by atoms with E-state index in [4.69, 9.17) is 10.2 Å². The van der Waals surface area contributed by atoms with Gasteiger partial charge in [-0.2, -0.15) is 0 Å². The van der Waals surface area contributed by atoms with E-state index in [9.17, 15) is 4.79 Å². The van der Waals surface area contributed by atoms with E-state index in [1.54, 1.807) is 0 Å². The second kappa shape index (κ2) is 3.01. The predicted molar refractivity (Wildman–Crippen MR) is 38.4 cm³/mol. The van der Waals surface area contributed by atoms with Crippen LogP contribution in [-0.4, -0.2) is 13.4 Å². The Kier molecular flexibility index (Phi) is 0.961. The van der Waals surface area contributed by atoms with Gasteiger partial charge in [0.05, 0.1) is 12.6 Å². The number of hydrogen-bond donors (Lipinski definition) is 0. The molecule has 0 aliphatic carbocycles. The third-order valence-corrected chi connectivity index (χ3v) is 0.943. The summed E-state index contributed by atoms with van der Waals surface area (Å²) in [5.74, 6) is -0.148. The van der Waals surface area contributed by atoms with Gasteiger partial charge in [0.1, 0.15) is 12.0 Å². The van der Waals surface area contributed by atoms with E-state index in [-0.39, 0.29) is 35.5 Å². The molecule has 0 saturated heterocycles. The fourth-order valence-corrected chi connectivity index (χ4v) is 0.472. The number of hydrogen-bond acceptors (Lipinski definition) is 2. The topological polar surface area (TPSA) is 26.3 Å². The average molecular weight is 140 g/mol. The van der Waals surface area contributed by atoms with E-state index in [1.807, 2.05) is 0 Å². The molecule has 52 valence electrons. The summed E-state index contributed by atoms with van der Waals surface area (Å²) in [6.07, 6.45) is 0.306. The minimum atomic E-state index is -0.377. The molecule has 0 heterocycles. The molecule has 0 saturated carbocycles. The molecule has 0 fully saturated rings. The maximum atomic E-state index is 10.5. The smallest absolute Gasteiger partial charge is 0.150 e. The molecule has 0 radical (unpaired) electrons. The highest BCUT2D eigenvalue weighted by atomic mass is 16.5. The third-order valence-electron chi connectivity index (χ3n) is 0.943. The van der Waals surface area contributed by atoms with Crippen molar-refractivity contribution >= 4 is 6.29 Å². The normalized spacial score (nSPS) is 14.5. The molecule has 1 aromatic rings. The monoisotopic (exact) mass is 140 g/mol. The molecule has 0 spiro atoms. The van der Waals surface area contributed by atoms with Crippen LogP contribution in [0.15, 0.2) is 24.2 Å². The first-order chi connectivity index (χ1) is 6.54. The fourth-order valence-electron chi connectivity index (χ4n) is 0.472. The third kappa shape index (κ3) is 1.35. The van der Waals surface area contributed by atoms with Gasteiger partial charge in [0.25, 0.3) is 0 Å². The van der Waals surface area contributed by atoms with Crippen molar-refractivity contribution in [2.75, 3.05) is 7.11 Å². The molecule has 2 heteroatoms. The molecular formula is C8H8O2. The van der Waals surface area contributed by atoms with Gasteiger partial charge in [0, 0.05) is 5.56 Å². The van der Waals surface area contributed by atoms with Gasteiger partial charge in [-0.1, -0.05) is 0 Å². The van der Waals surface area contributed by atoms with Crippen molar-refractivity contribution in [3.8, 4) is 5.75 Å². The molecule has 0 aliphatic rings. The van der Waals surface area contributed by atoms with Crippen LogP contribution in [0.5, 0.6) is 5.75 Å². The highest BCUT2D eigenvalue weighted by Crippen LogP contribution is 2.09. The lowest BCUT2D eigenvalue weighted by atomic mass is 10.2. The second-order valence-electron chi connectivity index (χ2n) is 1.56. The summed E-state index contributed by atoms with van der Waals surface area (Å²) in [7, 11) is 1.25. The summed E-state index contributed by atoms with van der Waals surface area (Å²) in [6.45, 7) is 0. The van der Waals surface area contributed by atoms with Crippen molar-refractivity contribution in [1.29, 1.82) is 0 Å². The summed E-state index contributed by atoms with van der Waals surface area (Å²) in [6, 6.07) is -1.43. The van der Waals surface area contributed by atoms with Crippen molar-refractivity contribution in [3.05, 3.63) is 29.7 Å². The minimum Gasteiger partial charge on any atom is -0.497 e. The SMILES string of the molecule is [2H]c1c([2H])c(OC)c([2H])c([2H])c1C=O. The number of rotatable bonds is 2. The standard InChI is InChI=1S/C8H8O2/c1-10-8-4-2-7(6-9)3-5-8/h2-6H,1H3/i2D,3D,4D,5D. The Balaban J connectivity index is 3.63. The average Bonchev–Trinajstić information content (AvgIpc) is 2.17. The molecule has 0 bridgehead atoms. The van der Waals surface area contributed by atoms with Crippen LogP contribution in [0, 0.1) is 0 Å². The van der Waals surface area contributed by atoms with Crippen LogP contribution in [0.25, 0.3) is 0 Å². The number of benzene rings is 1. The van der Waals surface area contributed by atoms with Crippen LogP contribution in [0.3, 0.4) is 0 Å². The van der Waals surface area contributed by atoms with E-state index < -0.39 is 0 Å². The molecule has 0 amide bonds. The zero-order valence-electron chi connectivity index (χ0n) is 9.39. The van der Waals surface area contributed by atoms with Gasteiger partial charge >= 0.3 is 0 Å². The van der Waals surface area contributed by atoms with Gasteiger partial charge in [0.15, 0.2) is 0 Å². The maximum Gasteiger partial charge on any atom is 0.150 e. The lowest BCUT2D eigenvalue weighted by molar-refractivity contribution is 0.112. The molecule has 1 rings (SSSR count). The molecule has 2 nitrogen and oxygen atoms in total. The van der Waals surface area contributed by atoms with Crippen LogP contribution in [0.4, 0.5) is 0 Å². The quantitative estimate of drug-likeness (QED) is 0.582. The van der Waals surface area contributed by atoms with E-state index in [2.05, 4.69) is 0 Å². The highest BCUT2D eigenvalue weighted by Gasteiger charge is 1.89. The molecule has 0 unspecified atom stereocenters. The summed E-state index contributed by atoms with van der Waals surface area (Å²) >= 11 is 0. The zero-order valence-corrected chi connectivity index (χ0v) is 5.39. The van der Waals surface area contributed by atoms with Crippen LogP contribution in [0.1, 0.15) is 15.8 Å². The second-order valence-corrected chi connectivity index (χ2v) is 1.56. The van der Waals surface area contributed by atoms with Crippen molar-refractivity contribution in [2.45, 2.75) is 0 Å². The van der Waals surface area contributed by atoms with Crippen molar-refractivity contribution in [1.82, 2.24) is 0 Å². The van der Waals surface area contributed by atoms with E-state index in [0.29, 0.717) is 6.29 Å². The number of methoxy groups -OCH3 is 1. The number of carbonyl (C=O) groups is 1. The summed E-state index contributed by atoms with van der Waals surface area (Å²) in [4.78, 5) is 10.5. The van der Waals surface area contributed by atoms with Crippen molar-refractivity contribution in [3.63, 3.8) is 0 Å². The van der Waals surface area contributed by atoms with Gasteiger partial charge in [-0.15, -0.1) is 0 Å². The Morgan fingerprint density at radius 2 is 2.10 bits per heavy atom. The summed E-state index contributed by atoms with van der Waals surface area (Å²) in [5.41, 5.74) is -0.249. The van der Waals surface area contributed by atoms with Crippen molar-refractivity contribution in [2.24, 2.45) is 0 Å². The molecule has 0 aliphatic heterocycles. The number of aldehydes is 1.